The number of benzene rings is 3. The van der Waals surface area contributed by atoms with Crippen LogP contribution in [0.4, 0.5) is 0 Å². The quantitative estimate of drug-likeness (QED) is 0.377. The Morgan fingerprint density at radius 2 is 1.45 bits per heavy atom. The maximum atomic E-state index is 13.9. The molecule has 0 aliphatic rings. The van der Waals surface area contributed by atoms with E-state index in [9.17, 15) is 13.2 Å². The second kappa shape index (κ2) is 8.91. The SMILES string of the molecule is COc1ccc(S(=O)(=O)c2c(C(=O)c3ccccc3)cnc3cc(OC)c(OC)cc23)cc1. The summed E-state index contributed by atoms with van der Waals surface area (Å²) >= 11 is 0. The Hall–Kier alpha value is -3.91. The standard InChI is InChI=1S/C25H21NO6S/c1-30-17-9-11-18(12-10-17)33(28,29)25-19-13-22(31-2)23(32-3)14-21(19)26-15-20(25)24(27)16-7-5-4-6-8-16/h4-15H,1-3H3. The highest BCUT2D eigenvalue weighted by molar-refractivity contribution is 7.91. The summed E-state index contributed by atoms with van der Waals surface area (Å²) in [5.41, 5.74) is 0.673. The Morgan fingerprint density at radius 1 is 0.818 bits per heavy atom. The Balaban J connectivity index is 2.05. The van der Waals surface area contributed by atoms with Crippen LogP contribution >= 0.6 is 0 Å². The van der Waals surface area contributed by atoms with E-state index in [0.717, 1.165) is 0 Å². The van der Waals surface area contributed by atoms with Gasteiger partial charge in [-0.15, -0.1) is 0 Å². The first-order valence-corrected chi connectivity index (χ1v) is 11.4. The van der Waals surface area contributed by atoms with Crippen LogP contribution in [0.15, 0.2) is 82.7 Å². The van der Waals surface area contributed by atoms with E-state index in [0.29, 0.717) is 28.3 Å². The number of pyridine rings is 1. The van der Waals surface area contributed by atoms with Crippen molar-refractivity contribution in [2.75, 3.05) is 21.3 Å². The average Bonchev–Trinajstić information content (AvgIpc) is 2.87. The molecule has 1 aromatic heterocycles. The summed E-state index contributed by atoms with van der Waals surface area (Å²) in [7, 11) is 0.295. The van der Waals surface area contributed by atoms with Gasteiger partial charge in [0.15, 0.2) is 17.3 Å². The van der Waals surface area contributed by atoms with E-state index in [2.05, 4.69) is 4.98 Å². The van der Waals surface area contributed by atoms with E-state index >= 15 is 0 Å². The van der Waals surface area contributed by atoms with Crippen molar-refractivity contribution < 1.29 is 27.4 Å². The van der Waals surface area contributed by atoms with Crippen LogP contribution in [0.25, 0.3) is 10.9 Å². The zero-order valence-corrected chi connectivity index (χ0v) is 19.0. The molecule has 0 spiro atoms. The summed E-state index contributed by atoms with van der Waals surface area (Å²) in [6.45, 7) is 0. The minimum absolute atomic E-state index is 0.0210. The molecule has 7 nitrogen and oxygen atoms in total. The maximum Gasteiger partial charge on any atom is 0.208 e. The number of ketones is 1. The van der Waals surface area contributed by atoms with Gasteiger partial charge in [-0.3, -0.25) is 9.78 Å². The molecule has 0 aliphatic heterocycles. The number of sulfone groups is 1. The smallest absolute Gasteiger partial charge is 0.208 e. The lowest BCUT2D eigenvalue weighted by molar-refractivity contribution is 0.103. The van der Waals surface area contributed by atoms with E-state index in [1.165, 1.54) is 45.7 Å². The summed E-state index contributed by atoms with van der Waals surface area (Å²) in [6.07, 6.45) is 1.29. The molecule has 8 heteroatoms. The number of ether oxygens (including phenoxy) is 3. The summed E-state index contributed by atoms with van der Waals surface area (Å²) < 4.78 is 43.6. The van der Waals surface area contributed by atoms with Crippen molar-refractivity contribution in [3.8, 4) is 17.2 Å². The predicted molar refractivity (Wildman–Crippen MR) is 123 cm³/mol. The molecule has 168 valence electrons. The lowest BCUT2D eigenvalue weighted by atomic mass is 10.0. The second-order valence-corrected chi connectivity index (χ2v) is 8.99. The molecule has 0 aliphatic carbocycles. The number of fused-ring (bicyclic) bond motifs is 1. The van der Waals surface area contributed by atoms with Gasteiger partial charge in [-0.2, -0.15) is 0 Å². The monoisotopic (exact) mass is 463 g/mol. The van der Waals surface area contributed by atoms with Crippen LogP contribution in [0, 0.1) is 0 Å². The summed E-state index contributed by atoms with van der Waals surface area (Å²) in [4.78, 5) is 17.6. The molecule has 0 amide bonds. The van der Waals surface area contributed by atoms with Gasteiger partial charge in [0.1, 0.15) is 5.75 Å². The normalized spacial score (nSPS) is 11.2. The molecule has 0 fully saturated rings. The average molecular weight is 464 g/mol. The molecule has 0 radical (unpaired) electrons. The fourth-order valence-electron chi connectivity index (χ4n) is 3.56. The Labute approximate surface area is 191 Å². The van der Waals surface area contributed by atoms with Crippen LogP contribution in [0.5, 0.6) is 17.2 Å². The molecule has 0 saturated heterocycles. The van der Waals surface area contributed by atoms with Crippen molar-refractivity contribution in [3.05, 3.63) is 84.1 Å². The molecular formula is C25H21NO6S. The minimum Gasteiger partial charge on any atom is -0.497 e. The molecule has 3 aromatic carbocycles. The van der Waals surface area contributed by atoms with Gasteiger partial charge < -0.3 is 14.2 Å². The van der Waals surface area contributed by atoms with E-state index in [-0.39, 0.29) is 20.7 Å². The van der Waals surface area contributed by atoms with Crippen molar-refractivity contribution >= 4 is 26.5 Å². The zero-order chi connectivity index (χ0) is 23.6. The van der Waals surface area contributed by atoms with E-state index < -0.39 is 15.6 Å². The first kappa shape index (κ1) is 22.3. The molecular weight excluding hydrogens is 442 g/mol. The Kier molecular flexibility index (Phi) is 6.02. The molecule has 1 heterocycles. The molecule has 0 atom stereocenters. The predicted octanol–water partition coefficient (Wildman–Crippen LogP) is 4.32. The number of carbonyl (C=O) groups excluding carboxylic acids is 1. The number of nitrogens with zero attached hydrogens (tertiary/aromatic N) is 1. The first-order chi connectivity index (χ1) is 15.9. The van der Waals surface area contributed by atoms with Crippen LogP contribution in [-0.2, 0) is 9.84 Å². The molecule has 0 bridgehead atoms. The van der Waals surface area contributed by atoms with E-state index in [4.69, 9.17) is 14.2 Å². The lowest BCUT2D eigenvalue weighted by Crippen LogP contribution is -2.13. The zero-order valence-electron chi connectivity index (χ0n) is 18.2. The van der Waals surface area contributed by atoms with E-state index in [1.807, 2.05) is 0 Å². The van der Waals surface area contributed by atoms with Crippen molar-refractivity contribution in [1.82, 2.24) is 4.98 Å². The van der Waals surface area contributed by atoms with Gasteiger partial charge in [0.25, 0.3) is 0 Å². The maximum absolute atomic E-state index is 13.9. The molecule has 0 saturated carbocycles. The van der Waals surface area contributed by atoms with Crippen LogP contribution in [0.2, 0.25) is 0 Å². The summed E-state index contributed by atoms with van der Waals surface area (Å²) in [5.74, 6) is 0.780. The van der Waals surface area contributed by atoms with Crippen molar-refractivity contribution in [2.24, 2.45) is 0 Å². The van der Waals surface area contributed by atoms with Gasteiger partial charge in [0.05, 0.1) is 42.2 Å². The van der Waals surface area contributed by atoms with Gasteiger partial charge >= 0.3 is 0 Å². The number of aromatic nitrogens is 1. The highest BCUT2D eigenvalue weighted by Crippen LogP contribution is 2.38. The number of rotatable bonds is 7. The van der Waals surface area contributed by atoms with Crippen molar-refractivity contribution in [3.63, 3.8) is 0 Å². The van der Waals surface area contributed by atoms with Crippen molar-refractivity contribution in [1.29, 1.82) is 0 Å². The topological polar surface area (TPSA) is 91.8 Å². The lowest BCUT2D eigenvalue weighted by Gasteiger charge is -2.15. The molecule has 4 aromatic rings. The van der Waals surface area contributed by atoms with E-state index in [1.54, 1.807) is 48.5 Å². The minimum atomic E-state index is -4.13. The third-order valence-electron chi connectivity index (χ3n) is 5.24. The van der Waals surface area contributed by atoms with Crippen molar-refractivity contribution in [2.45, 2.75) is 9.79 Å². The number of hydrogen-bond donors (Lipinski definition) is 0. The van der Waals surface area contributed by atoms with Gasteiger partial charge in [-0.05, 0) is 30.3 Å². The third kappa shape index (κ3) is 4.01. The molecule has 0 N–H and O–H groups in total. The van der Waals surface area contributed by atoms with Gasteiger partial charge in [-0.25, -0.2) is 8.42 Å². The van der Waals surface area contributed by atoms with Gasteiger partial charge in [0.2, 0.25) is 9.84 Å². The second-order valence-electron chi connectivity index (χ2n) is 7.10. The highest BCUT2D eigenvalue weighted by atomic mass is 32.2. The molecule has 33 heavy (non-hydrogen) atoms. The molecule has 0 unspecified atom stereocenters. The van der Waals surface area contributed by atoms with Gasteiger partial charge in [0, 0.05) is 23.2 Å². The third-order valence-corrected chi connectivity index (χ3v) is 7.11. The largest absolute Gasteiger partial charge is 0.497 e. The summed E-state index contributed by atoms with van der Waals surface area (Å²) in [5, 5.41) is 0.255. The number of carbonyl (C=O) groups is 1. The Morgan fingerprint density at radius 3 is 2.06 bits per heavy atom. The number of methoxy groups -OCH3 is 3. The highest BCUT2D eigenvalue weighted by Gasteiger charge is 2.29. The van der Waals surface area contributed by atoms with Crippen LogP contribution in [0.1, 0.15) is 15.9 Å². The number of hydrogen-bond acceptors (Lipinski definition) is 7. The first-order valence-electron chi connectivity index (χ1n) is 9.94. The fraction of sp³-hybridized carbons (Fsp3) is 0.120. The van der Waals surface area contributed by atoms with Crippen LogP contribution in [0.3, 0.4) is 0 Å². The fourth-order valence-corrected chi connectivity index (χ4v) is 5.18. The van der Waals surface area contributed by atoms with Crippen LogP contribution in [-0.4, -0.2) is 40.5 Å². The Bertz CT molecular complexity index is 1430. The van der Waals surface area contributed by atoms with Crippen LogP contribution < -0.4 is 14.2 Å². The summed E-state index contributed by atoms with van der Waals surface area (Å²) in [6, 6.07) is 17.6. The molecule has 4 rings (SSSR count). The van der Waals surface area contributed by atoms with Gasteiger partial charge in [-0.1, -0.05) is 30.3 Å².